The lowest BCUT2D eigenvalue weighted by Crippen LogP contribution is -2.54. The summed E-state index contributed by atoms with van der Waals surface area (Å²) in [5, 5.41) is 28.1. The van der Waals surface area contributed by atoms with E-state index in [1.807, 2.05) is 39.3 Å². The average molecular weight is 778 g/mol. The second-order valence-corrected chi connectivity index (χ2v) is 15.4. The van der Waals surface area contributed by atoms with Gasteiger partial charge in [0.25, 0.3) is 0 Å². The second kappa shape index (κ2) is 16.1. The fourth-order valence-corrected chi connectivity index (χ4v) is 10.3. The van der Waals surface area contributed by atoms with Crippen molar-refractivity contribution >= 4 is 23.7 Å². The first-order chi connectivity index (χ1) is 26.6. The number of hydrogen-bond acceptors (Lipinski definition) is 14. The van der Waals surface area contributed by atoms with Crippen molar-refractivity contribution in [3.05, 3.63) is 68.3 Å². The molecular formula is C41H51N3O10S. The van der Waals surface area contributed by atoms with E-state index < -0.39 is 30.1 Å². The number of nitrogens with zero attached hydrogens (tertiary/aromatic N) is 1. The molecule has 0 fully saturated rings. The maximum atomic E-state index is 14.3. The summed E-state index contributed by atoms with van der Waals surface area (Å²) in [5.74, 6) is 1.66. The molecule has 4 N–H and O–H groups in total. The Morgan fingerprint density at radius 2 is 1.82 bits per heavy atom. The molecule has 3 aromatic carbocycles. The van der Waals surface area contributed by atoms with Crippen LogP contribution >= 0.6 is 11.8 Å². The third-order valence-electron chi connectivity index (χ3n) is 11.5. The molecule has 14 heteroatoms. The van der Waals surface area contributed by atoms with Crippen molar-refractivity contribution in [1.82, 2.24) is 15.5 Å². The molecular weight excluding hydrogens is 727 g/mol. The van der Waals surface area contributed by atoms with Crippen LogP contribution in [-0.4, -0.2) is 93.7 Å². The summed E-state index contributed by atoms with van der Waals surface area (Å²) in [6.45, 7) is 6.33. The topological polar surface area (TPSA) is 157 Å². The van der Waals surface area contributed by atoms with Crippen molar-refractivity contribution < 1.29 is 48.2 Å². The number of carbonyl (C=O) groups excluding carboxylic acids is 2. The number of aryl methyl sites for hydroxylation is 2. The van der Waals surface area contributed by atoms with E-state index in [1.165, 1.54) is 6.92 Å². The summed E-state index contributed by atoms with van der Waals surface area (Å²) in [7, 11) is 5.02. The number of ether oxygens (including phenoxy) is 6. The molecule has 0 aromatic heterocycles. The molecule has 0 bridgehead atoms. The van der Waals surface area contributed by atoms with Gasteiger partial charge in [-0.3, -0.25) is 9.69 Å². The van der Waals surface area contributed by atoms with Crippen LogP contribution in [0.4, 0.5) is 0 Å². The van der Waals surface area contributed by atoms with Crippen LogP contribution in [0.2, 0.25) is 0 Å². The zero-order chi connectivity index (χ0) is 39.1. The summed E-state index contributed by atoms with van der Waals surface area (Å²) >= 11 is 1.62. The van der Waals surface area contributed by atoms with Gasteiger partial charge in [0.2, 0.25) is 6.79 Å². The first-order valence-electron chi connectivity index (χ1n) is 18.8. The Bertz CT molecular complexity index is 1990. The van der Waals surface area contributed by atoms with Gasteiger partial charge in [0.1, 0.15) is 24.1 Å². The Hall–Kier alpha value is -4.21. The first kappa shape index (κ1) is 39.0. The molecule has 13 nitrogen and oxygen atoms in total. The van der Waals surface area contributed by atoms with Crippen LogP contribution in [-0.2, 0) is 33.6 Å². The third kappa shape index (κ3) is 6.75. The zero-order valence-corrected chi connectivity index (χ0v) is 33.3. The van der Waals surface area contributed by atoms with Crippen molar-refractivity contribution in [3.63, 3.8) is 0 Å². The van der Waals surface area contributed by atoms with Crippen LogP contribution in [0, 0.1) is 13.8 Å². The quantitative estimate of drug-likeness (QED) is 0.166. The molecule has 0 saturated carbocycles. The summed E-state index contributed by atoms with van der Waals surface area (Å²) in [5.41, 5.74) is 7.49. The van der Waals surface area contributed by atoms with E-state index in [-0.39, 0.29) is 37.0 Å². The van der Waals surface area contributed by atoms with Crippen LogP contribution in [0.1, 0.15) is 86.8 Å². The molecule has 3 aromatic rings. The minimum atomic E-state index is -0.740. The molecule has 7 rings (SSSR count). The minimum Gasteiger partial charge on any atom is -0.504 e. The van der Waals surface area contributed by atoms with Crippen molar-refractivity contribution in [2.24, 2.45) is 0 Å². The molecule has 0 saturated heterocycles. The lowest BCUT2D eigenvalue weighted by molar-refractivity contribution is -0.149. The van der Waals surface area contributed by atoms with Crippen LogP contribution in [0.15, 0.2) is 18.2 Å². The number of hydrogen-bond donors (Lipinski definition) is 4. The fourth-order valence-electron chi connectivity index (χ4n) is 9.23. The highest BCUT2D eigenvalue weighted by molar-refractivity contribution is 7.98. The number of methoxy groups -OCH3 is 2. The molecule has 4 aliphatic heterocycles. The van der Waals surface area contributed by atoms with Crippen LogP contribution < -0.4 is 34.3 Å². The first-order valence-corrected chi connectivity index (χ1v) is 20.1. The summed E-state index contributed by atoms with van der Waals surface area (Å²) < 4.78 is 36.1. The number of thioether (sulfide) groups is 1. The minimum absolute atomic E-state index is 0.00553. The Morgan fingerprint density at radius 3 is 2.51 bits per heavy atom. The summed E-state index contributed by atoms with van der Waals surface area (Å²) in [6, 6.07) is 3.94. The number of rotatable bonds is 10. The van der Waals surface area contributed by atoms with Crippen molar-refractivity contribution in [1.29, 1.82) is 0 Å². The number of likely N-dealkylation sites (N-methyl/N-ethyl adjacent to an activating group) is 1. The maximum Gasteiger partial charge on any atom is 0.327 e. The van der Waals surface area contributed by atoms with E-state index >= 15 is 0 Å². The molecule has 296 valence electrons. The molecule has 3 unspecified atom stereocenters. The van der Waals surface area contributed by atoms with Gasteiger partial charge in [-0.25, -0.2) is 4.79 Å². The van der Waals surface area contributed by atoms with E-state index in [9.17, 15) is 19.8 Å². The standard InChI is InChI=1S/C41H51N3O10S/c1-20-15-25-9-8-13-44-27(18-51-41(48)32-26-17-28(49-5)24(11-14-45)16-23(26)10-12-43-32)30-31(37(54-22(3)46)21(2)38-39(30)53-19-52-38)40(55-7)34(44)33(42-4)29(25)35(47)36(20)50-6/h15-17,27,32-34,40,42-43,45,47H,8-14,18-19H2,1-7H3/t27-,32?,33+,34?,40?/m0/s1. The average Bonchev–Trinajstić information content (AvgIpc) is 3.66. The van der Waals surface area contributed by atoms with Gasteiger partial charge in [0, 0.05) is 48.4 Å². The monoisotopic (exact) mass is 777 g/mol. The molecule has 0 amide bonds. The van der Waals surface area contributed by atoms with Gasteiger partial charge in [-0.2, -0.15) is 11.8 Å². The molecule has 4 heterocycles. The Kier molecular flexibility index (Phi) is 11.4. The zero-order valence-electron chi connectivity index (χ0n) is 32.5. The number of phenols is 1. The normalized spacial score (nSPS) is 22.7. The second-order valence-electron chi connectivity index (χ2n) is 14.5. The van der Waals surface area contributed by atoms with Gasteiger partial charge in [0.15, 0.2) is 23.0 Å². The summed E-state index contributed by atoms with van der Waals surface area (Å²) in [6.07, 6.45) is 4.64. The van der Waals surface area contributed by atoms with Gasteiger partial charge in [-0.1, -0.05) is 12.1 Å². The van der Waals surface area contributed by atoms with Crippen molar-refractivity contribution in [3.8, 4) is 34.5 Å². The lowest BCUT2D eigenvalue weighted by atomic mass is 9.78. The molecule has 4 aliphatic rings. The van der Waals surface area contributed by atoms with Gasteiger partial charge >= 0.3 is 11.9 Å². The highest BCUT2D eigenvalue weighted by Gasteiger charge is 2.51. The number of aromatic hydroxyl groups is 1. The van der Waals surface area contributed by atoms with E-state index in [1.54, 1.807) is 26.0 Å². The van der Waals surface area contributed by atoms with Crippen molar-refractivity contribution in [2.75, 3.05) is 60.6 Å². The Morgan fingerprint density at radius 1 is 1.04 bits per heavy atom. The number of fused-ring (bicyclic) bond motifs is 6. The third-order valence-corrected chi connectivity index (χ3v) is 12.5. The number of carbonyl (C=O) groups is 2. The van der Waals surface area contributed by atoms with Gasteiger partial charge in [-0.05, 0) is 93.3 Å². The number of esters is 2. The highest BCUT2D eigenvalue weighted by Crippen LogP contribution is 2.60. The van der Waals surface area contributed by atoms with E-state index in [0.717, 1.165) is 57.3 Å². The van der Waals surface area contributed by atoms with Gasteiger partial charge < -0.3 is 49.3 Å². The van der Waals surface area contributed by atoms with Crippen molar-refractivity contribution in [2.45, 2.75) is 75.9 Å². The largest absolute Gasteiger partial charge is 0.504 e. The summed E-state index contributed by atoms with van der Waals surface area (Å²) in [4.78, 5) is 29.4. The smallest absolute Gasteiger partial charge is 0.327 e. The Balaban J connectivity index is 1.37. The Labute approximate surface area is 325 Å². The molecule has 0 aliphatic carbocycles. The van der Waals surface area contributed by atoms with Crippen LogP contribution in [0.3, 0.4) is 0 Å². The number of aliphatic hydroxyl groups is 1. The van der Waals surface area contributed by atoms with Gasteiger partial charge in [-0.15, -0.1) is 0 Å². The molecule has 5 atom stereocenters. The SMILES string of the molecule is CN[C@@H]1c2c(cc(C)c(OC)c2O)CCCN2C1C(SC)c1c(OC(C)=O)c(C)c3c(c1[C@@H]2COC(=O)C1NCCc2cc(CCO)c(OC)cc21)OCO3. The van der Waals surface area contributed by atoms with Gasteiger partial charge in [0.05, 0.1) is 31.6 Å². The highest BCUT2D eigenvalue weighted by atomic mass is 32.2. The van der Waals surface area contributed by atoms with E-state index in [0.29, 0.717) is 60.2 Å². The lowest BCUT2D eigenvalue weighted by Gasteiger charge is -2.51. The number of phenolic OH excluding ortho intramolecular Hbond substituents is 1. The number of benzene rings is 3. The molecule has 0 radical (unpaired) electrons. The molecule has 0 spiro atoms. The predicted octanol–water partition coefficient (Wildman–Crippen LogP) is 4.68. The van der Waals surface area contributed by atoms with E-state index in [2.05, 4.69) is 21.6 Å². The predicted molar refractivity (Wildman–Crippen MR) is 207 cm³/mol. The van der Waals surface area contributed by atoms with E-state index in [4.69, 9.17) is 28.4 Å². The molecule has 55 heavy (non-hydrogen) atoms. The fraction of sp³-hybridized carbons (Fsp3) is 0.512. The number of aliphatic hydroxyl groups excluding tert-OH is 1. The number of nitrogens with one attached hydrogen (secondary N) is 2. The maximum absolute atomic E-state index is 14.3. The van der Waals surface area contributed by atoms with Crippen LogP contribution in [0.25, 0.3) is 0 Å². The van der Waals surface area contributed by atoms with Crippen LogP contribution in [0.5, 0.6) is 34.5 Å².